The summed E-state index contributed by atoms with van der Waals surface area (Å²) in [6, 6.07) is 7.08. The van der Waals surface area contributed by atoms with E-state index in [-0.39, 0.29) is 0 Å². The summed E-state index contributed by atoms with van der Waals surface area (Å²) in [6.45, 7) is 2.13. The Morgan fingerprint density at radius 1 is 1.31 bits per heavy atom. The number of hydrogen-bond donors (Lipinski definition) is 1. The van der Waals surface area contributed by atoms with E-state index in [2.05, 4.69) is 0 Å². The maximum Gasteiger partial charge on any atom is 0.491 e. The Morgan fingerprint density at radius 3 is 2.31 bits per heavy atom. The molecule has 5 heteroatoms. The molecule has 0 aliphatic carbocycles. The van der Waals surface area contributed by atoms with Gasteiger partial charge in [0.25, 0.3) is 0 Å². The first kappa shape index (κ1) is 8.75. The molecule has 0 atom stereocenters. The second-order valence-corrected chi connectivity index (χ2v) is 4.08. The molecule has 2 rings (SSSR count). The fraction of sp³-hybridized carbons (Fsp3) is 0.250. The van der Waals surface area contributed by atoms with Gasteiger partial charge in [0.15, 0.2) is 11.5 Å². The first-order valence-corrected chi connectivity index (χ1v) is 5.47. The Kier molecular flexibility index (Phi) is 2.12. The number of rotatable bonds is 2. The molecule has 0 spiro atoms. The molecular formula is C8H10O4P. The van der Waals surface area contributed by atoms with E-state index in [1.165, 1.54) is 0 Å². The minimum atomic E-state index is -3.10. The first-order valence-electron chi connectivity index (χ1n) is 3.98. The van der Waals surface area contributed by atoms with Gasteiger partial charge in [-0.1, -0.05) is 12.1 Å². The second kappa shape index (κ2) is 3.14. The molecule has 0 saturated carbocycles. The van der Waals surface area contributed by atoms with Crippen LogP contribution in [0, 0.1) is 0 Å². The first-order chi connectivity index (χ1) is 6.23. The fourth-order valence-electron chi connectivity index (χ4n) is 1.08. The molecular weight excluding hydrogens is 191 g/mol. The molecule has 4 nitrogen and oxygen atoms in total. The average Bonchev–Trinajstić information content (AvgIpc) is 2.40. The van der Waals surface area contributed by atoms with Gasteiger partial charge in [0.2, 0.25) is 0 Å². The molecule has 0 bridgehead atoms. The number of hydrogen-bond acceptors (Lipinski definition) is 4. The van der Waals surface area contributed by atoms with Crippen molar-refractivity contribution in [2.24, 2.45) is 0 Å². The third-order valence-corrected chi connectivity index (χ3v) is 3.01. The van der Waals surface area contributed by atoms with E-state index in [9.17, 15) is 4.89 Å². The third-order valence-electron chi connectivity index (χ3n) is 1.57. The maximum atomic E-state index is 9.66. The van der Waals surface area contributed by atoms with Crippen LogP contribution < -0.4 is 9.05 Å². The smallest absolute Gasteiger partial charge is 0.402 e. The molecule has 1 N–H and O–H groups in total. The summed E-state index contributed by atoms with van der Waals surface area (Å²) in [7, 11) is -3.10. The third kappa shape index (κ3) is 1.61. The van der Waals surface area contributed by atoms with Crippen LogP contribution in [0.1, 0.15) is 6.92 Å². The summed E-state index contributed by atoms with van der Waals surface area (Å²) in [5.41, 5.74) is 0. The van der Waals surface area contributed by atoms with Crippen LogP contribution in [0.2, 0.25) is 0 Å². The lowest BCUT2D eigenvalue weighted by Gasteiger charge is -2.18. The standard InChI is InChI=1S/C8H10O4P/c1-2-10-13(9)11-7-5-3-4-6-8(7)12-13/h3-6,9H,2H2,1H3. The molecule has 13 heavy (non-hydrogen) atoms. The van der Waals surface area contributed by atoms with Gasteiger partial charge >= 0.3 is 8.17 Å². The molecule has 1 radical (unpaired) electrons. The minimum absolute atomic E-state index is 0.359. The van der Waals surface area contributed by atoms with Crippen LogP contribution in [-0.2, 0) is 4.52 Å². The number of para-hydroxylation sites is 2. The van der Waals surface area contributed by atoms with Crippen LogP contribution >= 0.6 is 8.17 Å². The predicted octanol–water partition coefficient (Wildman–Crippen LogP) is 2.16. The van der Waals surface area contributed by atoms with Gasteiger partial charge in [-0.15, -0.1) is 0 Å². The summed E-state index contributed by atoms with van der Waals surface area (Å²) < 4.78 is 15.3. The summed E-state index contributed by atoms with van der Waals surface area (Å²) in [5, 5.41) is 0. The van der Waals surface area contributed by atoms with Gasteiger partial charge < -0.3 is 9.05 Å². The van der Waals surface area contributed by atoms with E-state index in [1.54, 1.807) is 19.1 Å². The summed E-state index contributed by atoms with van der Waals surface area (Å²) >= 11 is 0. The van der Waals surface area contributed by atoms with Crippen LogP contribution in [-0.4, -0.2) is 11.5 Å². The van der Waals surface area contributed by atoms with Crippen molar-refractivity contribution >= 4 is 8.17 Å². The van der Waals surface area contributed by atoms with Gasteiger partial charge in [0.05, 0.1) is 6.61 Å². The van der Waals surface area contributed by atoms with Gasteiger partial charge in [-0.05, 0) is 19.1 Å². The lowest BCUT2D eigenvalue weighted by molar-refractivity contribution is 0.203. The van der Waals surface area contributed by atoms with Crippen LogP contribution in [0.3, 0.4) is 0 Å². The zero-order valence-corrected chi connectivity index (χ0v) is 8.03. The van der Waals surface area contributed by atoms with Gasteiger partial charge in [0, 0.05) is 0 Å². The normalized spacial score (nSPS) is 17.4. The highest BCUT2D eigenvalue weighted by Crippen LogP contribution is 2.64. The summed E-state index contributed by atoms with van der Waals surface area (Å²) in [6.07, 6.45) is 0. The van der Waals surface area contributed by atoms with Crippen molar-refractivity contribution in [2.45, 2.75) is 6.92 Å². The Morgan fingerprint density at radius 2 is 1.85 bits per heavy atom. The second-order valence-electron chi connectivity index (χ2n) is 2.52. The largest absolute Gasteiger partial charge is 0.491 e. The number of fused-ring (bicyclic) bond motifs is 1. The monoisotopic (exact) mass is 201 g/mol. The minimum Gasteiger partial charge on any atom is -0.402 e. The molecule has 0 unspecified atom stereocenters. The van der Waals surface area contributed by atoms with Crippen molar-refractivity contribution in [3.8, 4) is 11.5 Å². The predicted molar refractivity (Wildman–Crippen MR) is 48.5 cm³/mol. The summed E-state index contributed by atoms with van der Waals surface area (Å²) in [5.74, 6) is 1.07. The molecule has 1 aliphatic heterocycles. The van der Waals surface area contributed by atoms with E-state index in [4.69, 9.17) is 13.6 Å². The van der Waals surface area contributed by atoms with E-state index in [0.29, 0.717) is 18.1 Å². The van der Waals surface area contributed by atoms with E-state index in [0.717, 1.165) is 0 Å². The Labute approximate surface area is 76.7 Å². The fourth-order valence-corrected chi connectivity index (χ4v) is 2.35. The van der Waals surface area contributed by atoms with Gasteiger partial charge in [-0.3, -0.25) is 9.42 Å². The molecule has 0 amide bonds. The quantitative estimate of drug-likeness (QED) is 0.745. The van der Waals surface area contributed by atoms with Crippen LogP contribution in [0.25, 0.3) is 0 Å². The Hall–Kier alpha value is -0.830. The molecule has 1 aliphatic rings. The van der Waals surface area contributed by atoms with Crippen molar-refractivity contribution in [3.63, 3.8) is 0 Å². The topological polar surface area (TPSA) is 47.9 Å². The molecule has 1 aromatic carbocycles. The maximum absolute atomic E-state index is 9.66. The van der Waals surface area contributed by atoms with Gasteiger partial charge in [0.1, 0.15) is 0 Å². The molecule has 0 saturated heterocycles. The SMILES string of the molecule is CCO[P]1(O)Oc2ccccc2O1. The van der Waals surface area contributed by atoms with Crippen molar-refractivity contribution in [1.82, 2.24) is 0 Å². The van der Waals surface area contributed by atoms with Crippen LogP contribution in [0.5, 0.6) is 11.5 Å². The zero-order chi connectivity index (χ0) is 9.31. The Balaban J connectivity index is 2.21. The average molecular weight is 201 g/mol. The van der Waals surface area contributed by atoms with Crippen molar-refractivity contribution in [1.29, 1.82) is 0 Å². The highest BCUT2D eigenvalue weighted by Gasteiger charge is 2.40. The molecule has 71 valence electrons. The lowest BCUT2D eigenvalue weighted by Crippen LogP contribution is -2.04. The summed E-state index contributed by atoms with van der Waals surface area (Å²) in [4.78, 5) is 9.66. The lowest BCUT2D eigenvalue weighted by atomic mass is 10.3. The van der Waals surface area contributed by atoms with Gasteiger partial charge in [-0.25, -0.2) is 0 Å². The van der Waals surface area contributed by atoms with Crippen LogP contribution in [0.15, 0.2) is 24.3 Å². The van der Waals surface area contributed by atoms with Crippen molar-refractivity contribution in [2.75, 3.05) is 6.61 Å². The zero-order valence-electron chi connectivity index (χ0n) is 7.14. The number of benzene rings is 1. The van der Waals surface area contributed by atoms with E-state index < -0.39 is 8.17 Å². The molecule has 1 heterocycles. The molecule has 0 fully saturated rings. The van der Waals surface area contributed by atoms with E-state index in [1.807, 2.05) is 12.1 Å². The molecule has 0 aromatic heterocycles. The highest BCUT2D eigenvalue weighted by molar-refractivity contribution is 7.56. The van der Waals surface area contributed by atoms with Gasteiger partial charge in [-0.2, -0.15) is 0 Å². The van der Waals surface area contributed by atoms with Crippen molar-refractivity contribution in [3.05, 3.63) is 24.3 Å². The molecule has 1 aromatic rings. The van der Waals surface area contributed by atoms with Crippen molar-refractivity contribution < 1.29 is 18.5 Å². The van der Waals surface area contributed by atoms with E-state index >= 15 is 0 Å². The van der Waals surface area contributed by atoms with Crippen LogP contribution in [0.4, 0.5) is 0 Å². The Bertz CT molecular complexity index is 290. The highest BCUT2D eigenvalue weighted by atomic mass is 31.2.